The molecule has 20 heavy (non-hydrogen) atoms. The minimum Gasteiger partial charge on any atom is -0.496 e. The van der Waals surface area contributed by atoms with Gasteiger partial charge in [0.2, 0.25) is 0 Å². The van der Waals surface area contributed by atoms with Crippen LogP contribution in [-0.2, 0) is 19.3 Å². The molecule has 0 aliphatic heterocycles. The highest BCUT2D eigenvalue weighted by Gasteiger charge is 2.20. The van der Waals surface area contributed by atoms with Crippen molar-refractivity contribution in [3.63, 3.8) is 0 Å². The van der Waals surface area contributed by atoms with E-state index in [0.29, 0.717) is 6.42 Å². The van der Waals surface area contributed by atoms with E-state index in [1.54, 1.807) is 18.4 Å². The number of halogens is 1. The summed E-state index contributed by atoms with van der Waals surface area (Å²) in [5, 5.41) is 10.5. The number of hydrogen-bond acceptors (Lipinski definition) is 3. The second kappa shape index (κ2) is 5.88. The summed E-state index contributed by atoms with van der Waals surface area (Å²) >= 11 is 5.24. The number of methoxy groups -OCH3 is 1. The molecule has 1 heterocycles. The van der Waals surface area contributed by atoms with E-state index in [4.69, 9.17) is 4.74 Å². The highest BCUT2D eigenvalue weighted by atomic mass is 79.9. The summed E-state index contributed by atoms with van der Waals surface area (Å²) in [5.74, 6) is 0.830. The number of aryl methyl sites for hydroxylation is 2. The number of ether oxygens (including phenoxy) is 1. The van der Waals surface area contributed by atoms with Crippen LogP contribution in [0.3, 0.4) is 0 Å². The fraction of sp³-hybridized carbons (Fsp3) is 0.375. The zero-order valence-corrected chi connectivity index (χ0v) is 13.8. The van der Waals surface area contributed by atoms with Crippen LogP contribution in [0.4, 0.5) is 0 Å². The number of hydrogen-bond donors (Lipinski definition) is 1. The van der Waals surface area contributed by atoms with Crippen LogP contribution in [0.1, 0.15) is 33.4 Å². The zero-order valence-electron chi connectivity index (χ0n) is 11.4. The molecule has 0 bridgehead atoms. The Kier molecular flexibility index (Phi) is 4.15. The molecule has 1 aliphatic carbocycles. The lowest BCUT2D eigenvalue weighted by atomic mass is 10.1. The first-order chi connectivity index (χ1) is 9.67. The van der Waals surface area contributed by atoms with Crippen LogP contribution < -0.4 is 4.74 Å². The normalized spacial score (nSPS) is 15.2. The molecule has 1 N–H and O–H groups in total. The van der Waals surface area contributed by atoms with E-state index < -0.39 is 6.10 Å². The Hall–Kier alpha value is -0.840. The largest absolute Gasteiger partial charge is 0.496 e. The van der Waals surface area contributed by atoms with E-state index in [1.807, 2.05) is 18.2 Å². The first-order valence-electron chi connectivity index (χ1n) is 6.79. The zero-order chi connectivity index (χ0) is 14.1. The molecule has 0 spiro atoms. The third kappa shape index (κ3) is 2.78. The minimum atomic E-state index is -0.450. The van der Waals surface area contributed by atoms with Crippen LogP contribution in [0.2, 0.25) is 0 Å². The monoisotopic (exact) mass is 352 g/mol. The first-order valence-corrected chi connectivity index (χ1v) is 8.40. The molecule has 2 nitrogen and oxygen atoms in total. The molecule has 3 rings (SSSR count). The number of aliphatic hydroxyl groups is 1. The van der Waals surface area contributed by atoms with Crippen LogP contribution in [-0.4, -0.2) is 12.2 Å². The quantitative estimate of drug-likeness (QED) is 0.889. The van der Waals surface area contributed by atoms with Gasteiger partial charge >= 0.3 is 0 Å². The number of thiophene rings is 1. The Bertz CT molecular complexity index is 599. The summed E-state index contributed by atoms with van der Waals surface area (Å²) in [4.78, 5) is 2.54. The summed E-state index contributed by atoms with van der Waals surface area (Å²) in [5.41, 5.74) is 2.47. The van der Waals surface area contributed by atoms with Crippen molar-refractivity contribution < 1.29 is 9.84 Å². The van der Waals surface area contributed by atoms with E-state index in [1.165, 1.54) is 29.7 Å². The molecule has 0 saturated carbocycles. The topological polar surface area (TPSA) is 29.5 Å². The minimum absolute atomic E-state index is 0.450. The number of rotatable bonds is 4. The molecule has 0 saturated heterocycles. The third-order valence-corrected chi connectivity index (χ3v) is 5.58. The van der Waals surface area contributed by atoms with E-state index in [9.17, 15) is 5.11 Å². The van der Waals surface area contributed by atoms with Gasteiger partial charge in [0.25, 0.3) is 0 Å². The van der Waals surface area contributed by atoms with Gasteiger partial charge in [0, 0.05) is 20.6 Å². The van der Waals surface area contributed by atoms with Gasteiger partial charge in [-0.1, -0.05) is 15.9 Å². The Balaban J connectivity index is 1.81. The van der Waals surface area contributed by atoms with Gasteiger partial charge in [0.05, 0.1) is 13.2 Å². The molecule has 1 aromatic carbocycles. The summed E-state index contributed by atoms with van der Waals surface area (Å²) in [6.07, 6.45) is 3.74. The second-order valence-corrected chi connectivity index (χ2v) is 7.21. The molecule has 106 valence electrons. The van der Waals surface area contributed by atoms with Gasteiger partial charge in [-0.25, -0.2) is 0 Å². The molecule has 0 amide bonds. The second-order valence-electron chi connectivity index (χ2n) is 5.13. The molecule has 2 aromatic rings. The van der Waals surface area contributed by atoms with Crippen molar-refractivity contribution in [2.24, 2.45) is 0 Å². The maximum Gasteiger partial charge on any atom is 0.122 e. The lowest BCUT2D eigenvalue weighted by molar-refractivity contribution is 0.181. The van der Waals surface area contributed by atoms with Crippen molar-refractivity contribution >= 4 is 27.3 Å². The van der Waals surface area contributed by atoms with Crippen molar-refractivity contribution in [1.82, 2.24) is 0 Å². The van der Waals surface area contributed by atoms with E-state index in [-0.39, 0.29) is 0 Å². The maximum atomic E-state index is 10.5. The first kappa shape index (κ1) is 14.1. The smallest absolute Gasteiger partial charge is 0.122 e. The van der Waals surface area contributed by atoms with Crippen LogP contribution in [0.15, 0.2) is 28.7 Å². The maximum absolute atomic E-state index is 10.5. The summed E-state index contributed by atoms with van der Waals surface area (Å²) < 4.78 is 6.38. The van der Waals surface area contributed by atoms with Crippen molar-refractivity contribution in [1.29, 1.82) is 0 Å². The van der Waals surface area contributed by atoms with E-state index in [0.717, 1.165) is 20.7 Å². The van der Waals surface area contributed by atoms with Gasteiger partial charge in [-0.2, -0.15) is 0 Å². The van der Waals surface area contributed by atoms with Crippen molar-refractivity contribution in [3.8, 4) is 5.75 Å². The number of fused-ring (bicyclic) bond motifs is 1. The van der Waals surface area contributed by atoms with E-state index in [2.05, 4.69) is 22.0 Å². The predicted octanol–water partition coefficient (Wildman–Crippen LogP) is 4.28. The average molecular weight is 353 g/mol. The SMILES string of the molecule is COc1ccc(Br)cc1CC(O)c1cc2c(s1)CCC2. The Morgan fingerprint density at radius 1 is 1.35 bits per heavy atom. The summed E-state index contributed by atoms with van der Waals surface area (Å²) in [7, 11) is 1.67. The standard InChI is InChI=1S/C16H17BrO2S/c1-19-14-6-5-12(17)7-11(14)8-13(18)16-9-10-3-2-4-15(10)20-16/h5-7,9,13,18H,2-4,8H2,1H3. The number of aliphatic hydroxyl groups excluding tert-OH is 1. The van der Waals surface area contributed by atoms with Crippen LogP contribution in [0, 0.1) is 0 Å². The molecule has 0 fully saturated rings. The van der Waals surface area contributed by atoms with Gasteiger partial charge in [-0.15, -0.1) is 11.3 Å². The highest BCUT2D eigenvalue weighted by Crippen LogP contribution is 2.36. The van der Waals surface area contributed by atoms with Gasteiger partial charge < -0.3 is 9.84 Å². The average Bonchev–Trinajstić information content (AvgIpc) is 2.99. The van der Waals surface area contributed by atoms with Crippen molar-refractivity contribution in [2.75, 3.05) is 7.11 Å². The fourth-order valence-electron chi connectivity index (χ4n) is 2.73. The number of benzene rings is 1. The lowest BCUT2D eigenvalue weighted by Crippen LogP contribution is -2.02. The molecular weight excluding hydrogens is 336 g/mol. The Morgan fingerprint density at radius 3 is 2.95 bits per heavy atom. The Morgan fingerprint density at radius 2 is 2.20 bits per heavy atom. The van der Waals surface area contributed by atoms with Crippen molar-refractivity contribution in [3.05, 3.63) is 49.6 Å². The van der Waals surface area contributed by atoms with Crippen molar-refractivity contribution in [2.45, 2.75) is 31.8 Å². The van der Waals surface area contributed by atoms with Gasteiger partial charge in [0.15, 0.2) is 0 Å². The fourth-order valence-corrected chi connectivity index (χ4v) is 4.38. The molecule has 1 unspecified atom stereocenters. The van der Waals surface area contributed by atoms with Gasteiger partial charge in [0.1, 0.15) is 5.75 Å². The lowest BCUT2D eigenvalue weighted by Gasteiger charge is -2.13. The molecule has 0 radical (unpaired) electrons. The van der Waals surface area contributed by atoms with Gasteiger partial charge in [-0.3, -0.25) is 0 Å². The summed E-state index contributed by atoms with van der Waals surface area (Å²) in [6.45, 7) is 0. The predicted molar refractivity (Wildman–Crippen MR) is 85.7 cm³/mol. The summed E-state index contributed by atoms with van der Waals surface area (Å²) in [6, 6.07) is 8.08. The van der Waals surface area contributed by atoms with Crippen LogP contribution in [0.5, 0.6) is 5.75 Å². The highest BCUT2D eigenvalue weighted by molar-refractivity contribution is 9.10. The Labute approximate surface area is 131 Å². The third-order valence-electron chi connectivity index (χ3n) is 3.75. The molecule has 4 heteroatoms. The molecule has 1 aliphatic rings. The molecule has 1 atom stereocenters. The van der Waals surface area contributed by atoms with Crippen LogP contribution >= 0.6 is 27.3 Å². The van der Waals surface area contributed by atoms with Gasteiger partial charge in [-0.05, 0) is 54.7 Å². The van der Waals surface area contributed by atoms with E-state index >= 15 is 0 Å². The molecule has 1 aromatic heterocycles. The van der Waals surface area contributed by atoms with Crippen LogP contribution in [0.25, 0.3) is 0 Å². The molecular formula is C16H17BrO2S.